The van der Waals surface area contributed by atoms with Gasteiger partial charge in [-0.15, -0.1) is 0 Å². The Labute approximate surface area is 152 Å². The number of ether oxygens (including phenoxy) is 2. The van der Waals surface area contributed by atoms with Gasteiger partial charge in [-0.05, 0) is 30.7 Å². The number of unbranched alkanes of at least 4 members (excludes halogenated alkanes) is 1. The number of aromatic nitrogens is 2. The molecule has 0 saturated carbocycles. The van der Waals surface area contributed by atoms with Crippen molar-refractivity contribution in [1.82, 2.24) is 9.55 Å². The molecule has 2 aromatic rings. The van der Waals surface area contributed by atoms with Crippen LogP contribution in [0.5, 0.6) is 11.5 Å². The molecule has 0 amide bonds. The van der Waals surface area contributed by atoms with E-state index in [2.05, 4.69) is 4.98 Å². The van der Waals surface area contributed by atoms with E-state index >= 15 is 0 Å². The van der Waals surface area contributed by atoms with Crippen LogP contribution in [0.1, 0.15) is 19.8 Å². The fourth-order valence-corrected chi connectivity index (χ4v) is 2.57. The summed E-state index contributed by atoms with van der Waals surface area (Å²) in [4.78, 5) is 28.2. The molecule has 26 heavy (non-hydrogen) atoms. The van der Waals surface area contributed by atoms with Crippen LogP contribution in [0.3, 0.4) is 0 Å². The number of aromatic amines is 1. The van der Waals surface area contributed by atoms with Crippen LogP contribution in [0.4, 0.5) is 11.5 Å². The second-order valence-electron chi connectivity index (χ2n) is 5.94. The van der Waals surface area contributed by atoms with Crippen molar-refractivity contribution in [2.75, 3.05) is 37.9 Å². The molecule has 1 aromatic heterocycles. The van der Waals surface area contributed by atoms with Gasteiger partial charge in [0.1, 0.15) is 29.6 Å². The molecule has 8 heteroatoms. The van der Waals surface area contributed by atoms with Crippen LogP contribution in [0.2, 0.25) is 0 Å². The van der Waals surface area contributed by atoms with Crippen molar-refractivity contribution in [3.05, 3.63) is 45.1 Å². The summed E-state index contributed by atoms with van der Waals surface area (Å²) in [5.41, 5.74) is 5.39. The molecule has 0 aliphatic heterocycles. The monoisotopic (exact) mass is 362 g/mol. The molecule has 1 aromatic carbocycles. The number of hydrogen-bond donors (Lipinski definition) is 2. The third-order valence-corrected chi connectivity index (χ3v) is 4.09. The first-order chi connectivity index (χ1) is 12.5. The number of hydrogen-bond acceptors (Lipinski definition) is 6. The molecule has 1 heterocycles. The smallest absolute Gasteiger partial charge is 0.330 e. The van der Waals surface area contributed by atoms with E-state index in [9.17, 15) is 9.59 Å². The van der Waals surface area contributed by atoms with E-state index in [0.717, 1.165) is 18.6 Å². The number of H-pyrrole nitrogens is 1. The van der Waals surface area contributed by atoms with Gasteiger partial charge in [0.2, 0.25) is 0 Å². The van der Waals surface area contributed by atoms with Gasteiger partial charge in [0, 0.05) is 13.6 Å². The quantitative estimate of drug-likeness (QED) is 0.700. The standard InChI is InChI=1S/C18H26N4O4/c1-4-5-10-22-16(19)15(17(23)20-18(22)24)21(2)11-12-26-14-8-6-13(25-3)7-9-14/h6-9H,4-5,10-12,19H2,1-3H3,(H,20,23,24). The molecule has 0 unspecified atom stereocenters. The van der Waals surface area contributed by atoms with Crippen molar-refractivity contribution in [2.45, 2.75) is 26.3 Å². The van der Waals surface area contributed by atoms with Gasteiger partial charge in [0.05, 0.1) is 13.7 Å². The SMILES string of the molecule is CCCCn1c(N)c(N(C)CCOc2ccc(OC)cc2)c(=O)[nH]c1=O. The first-order valence-corrected chi connectivity index (χ1v) is 8.58. The van der Waals surface area contributed by atoms with Crippen molar-refractivity contribution in [3.8, 4) is 11.5 Å². The Morgan fingerprint density at radius 1 is 1.19 bits per heavy atom. The zero-order valence-corrected chi connectivity index (χ0v) is 15.4. The van der Waals surface area contributed by atoms with Gasteiger partial charge in [0.25, 0.3) is 5.56 Å². The van der Waals surface area contributed by atoms with Crippen LogP contribution in [0, 0.1) is 0 Å². The molecule has 2 rings (SSSR count). The predicted octanol–water partition coefficient (Wildman–Crippen LogP) is 1.44. The maximum atomic E-state index is 12.2. The highest BCUT2D eigenvalue weighted by Gasteiger charge is 2.16. The van der Waals surface area contributed by atoms with Crippen LogP contribution in [-0.4, -0.2) is 36.9 Å². The summed E-state index contributed by atoms with van der Waals surface area (Å²) in [6, 6.07) is 7.24. The highest BCUT2D eigenvalue weighted by Crippen LogP contribution is 2.18. The lowest BCUT2D eigenvalue weighted by Crippen LogP contribution is -2.38. The molecule has 0 spiro atoms. The first-order valence-electron chi connectivity index (χ1n) is 8.58. The largest absolute Gasteiger partial charge is 0.497 e. The summed E-state index contributed by atoms with van der Waals surface area (Å²) in [6.07, 6.45) is 1.73. The maximum Gasteiger partial charge on any atom is 0.330 e. The van der Waals surface area contributed by atoms with E-state index in [1.165, 1.54) is 4.57 Å². The number of anilines is 2. The number of nitrogens with one attached hydrogen (secondary N) is 1. The van der Waals surface area contributed by atoms with Crippen LogP contribution >= 0.6 is 0 Å². The number of rotatable bonds is 9. The van der Waals surface area contributed by atoms with Gasteiger partial charge in [-0.25, -0.2) is 4.79 Å². The topological polar surface area (TPSA) is 103 Å². The highest BCUT2D eigenvalue weighted by atomic mass is 16.5. The van der Waals surface area contributed by atoms with Gasteiger partial charge in [0.15, 0.2) is 0 Å². The van der Waals surface area contributed by atoms with Gasteiger partial charge in [-0.1, -0.05) is 13.3 Å². The minimum Gasteiger partial charge on any atom is -0.497 e. The number of benzene rings is 1. The van der Waals surface area contributed by atoms with E-state index in [1.807, 2.05) is 31.2 Å². The van der Waals surface area contributed by atoms with E-state index < -0.39 is 11.2 Å². The fraction of sp³-hybridized carbons (Fsp3) is 0.444. The molecule has 142 valence electrons. The molecule has 0 fully saturated rings. The van der Waals surface area contributed by atoms with E-state index in [1.54, 1.807) is 19.1 Å². The van der Waals surface area contributed by atoms with Crippen LogP contribution in [-0.2, 0) is 6.54 Å². The van der Waals surface area contributed by atoms with Crippen molar-refractivity contribution < 1.29 is 9.47 Å². The summed E-state index contributed by atoms with van der Waals surface area (Å²) in [5.74, 6) is 1.64. The Morgan fingerprint density at radius 2 is 1.85 bits per heavy atom. The zero-order valence-electron chi connectivity index (χ0n) is 15.4. The average Bonchev–Trinajstić information content (AvgIpc) is 2.62. The molecule has 0 saturated heterocycles. The van der Waals surface area contributed by atoms with Gasteiger partial charge in [-0.3, -0.25) is 14.3 Å². The van der Waals surface area contributed by atoms with E-state index in [-0.39, 0.29) is 11.5 Å². The Kier molecular flexibility index (Phi) is 6.71. The van der Waals surface area contributed by atoms with Crippen LogP contribution < -0.4 is 31.4 Å². The minimum absolute atomic E-state index is 0.180. The average molecular weight is 362 g/mol. The lowest BCUT2D eigenvalue weighted by molar-refractivity contribution is 0.325. The highest BCUT2D eigenvalue weighted by molar-refractivity contribution is 5.61. The van der Waals surface area contributed by atoms with E-state index in [4.69, 9.17) is 15.2 Å². The molecule has 0 aliphatic rings. The van der Waals surface area contributed by atoms with Gasteiger partial charge in [-0.2, -0.15) is 0 Å². The summed E-state index contributed by atoms with van der Waals surface area (Å²) in [6.45, 7) is 3.29. The number of nitrogens with two attached hydrogens (primary N) is 1. The first kappa shape index (κ1) is 19.4. The predicted molar refractivity (Wildman–Crippen MR) is 102 cm³/mol. The second-order valence-corrected chi connectivity index (χ2v) is 5.94. The zero-order chi connectivity index (χ0) is 19.1. The molecule has 8 nitrogen and oxygen atoms in total. The number of likely N-dealkylation sites (N-methyl/N-ethyl adjacent to an activating group) is 1. The summed E-state index contributed by atoms with van der Waals surface area (Å²) in [7, 11) is 3.35. The molecule has 0 bridgehead atoms. The Morgan fingerprint density at radius 3 is 2.46 bits per heavy atom. The van der Waals surface area contributed by atoms with Crippen molar-refractivity contribution in [3.63, 3.8) is 0 Å². The van der Waals surface area contributed by atoms with Gasteiger partial charge < -0.3 is 20.1 Å². The molecular formula is C18H26N4O4. The van der Waals surface area contributed by atoms with Crippen LogP contribution in [0.15, 0.2) is 33.9 Å². The fourth-order valence-electron chi connectivity index (χ4n) is 2.57. The summed E-state index contributed by atoms with van der Waals surface area (Å²) < 4.78 is 12.2. The van der Waals surface area contributed by atoms with E-state index in [0.29, 0.717) is 25.4 Å². The summed E-state index contributed by atoms with van der Waals surface area (Å²) >= 11 is 0. The lowest BCUT2D eigenvalue weighted by Gasteiger charge is -2.22. The Balaban J connectivity index is 2.07. The molecule has 0 radical (unpaired) electrons. The maximum absolute atomic E-state index is 12.2. The normalized spacial score (nSPS) is 10.6. The minimum atomic E-state index is -0.493. The summed E-state index contributed by atoms with van der Waals surface area (Å²) in [5, 5.41) is 0. The molecule has 0 aliphatic carbocycles. The Bertz CT molecular complexity index is 827. The van der Waals surface area contributed by atoms with Crippen molar-refractivity contribution in [2.24, 2.45) is 0 Å². The van der Waals surface area contributed by atoms with Crippen molar-refractivity contribution in [1.29, 1.82) is 0 Å². The number of nitrogen functional groups attached to an aromatic ring is 1. The molecule has 3 N–H and O–H groups in total. The number of nitrogens with zero attached hydrogens (tertiary/aromatic N) is 2. The third kappa shape index (κ3) is 4.59. The van der Waals surface area contributed by atoms with Crippen LogP contribution in [0.25, 0.3) is 0 Å². The third-order valence-electron chi connectivity index (χ3n) is 4.09. The van der Waals surface area contributed by atoms with Crippen molar-refractivity contribution >= 4 is 11.5 Å². The second kappa shape index (κ2) is 8.98. The molecule has 0 atom stereocenters. The number of methoxy groups -OCH3 is 1. The molecular weight excluding hydrogens is 336 g/mol. The Hall–Kier alpha value is -2.90. The lowest BCUT2D eigenvalue weighted by atomic mass is 10.3. The van der Waals surface area contributed by atoms with Gasteiger partial charge >= 0.3 is 5.69 Å².